The summed E-state index contributed by atoms with van der Waals surface area (Å²) in [5, 5.41) is 18.7. The number of aliphatic hydroxyl groups is 1. The maximum atomic E-state index is 16.2. The second kappa shape index (κ2) is 11.7. The average Bonchev–Trinajstić information content (AvgIpc) is 3.76. The van der Waals surface area contributed by atoms with Gasteiger partial charge in [-0.2, -0.15) is 0 Å². The van der Waals surface area contributed by atoms with Crippen molar-refractivity contribution in [3.8, 4) is 0 Å². The van der Waals surface area contributed by atoms with E-state index in [1.54, 1.807) is 33.7 Å². The zero-order valence-corrected chi connectivity index (χ0v) is 26.5. The van der Waals surface area contributed by atoms with Crippen LogP contribution in [0, 0.1) is 5.92 Å². The Kier molecular flexibility index (Phi) is 8.06. The van der Waals surface area contributed by atoms with E-state index in [1.807, 2.05) is 61.7 Å². The lowest BCUT2D eigenvalue weighted by atomic mass is 9.82. The number of carbonyl (C=O) groups excluding carboxylic acids is 2. The molecule has 9 nitrogen and oxygen atoms in total. The third-order valence-electron chi connectivity index (χ3n) is 9.58. The summed E-state index contributed by atoms with van der Waals surface area (Å²) in [4.78, 5) is 30.4. The van der Waals surface area contributed by atoms with E-state index in [0.717, 1.165) is 17.7 Å². The first-order chi connectivity index (χ1) is 21.1. The fourth-order valence-corrected chi connectivity index (χ4v) is 10.1. The maximum Gasteiger partial charge on any atom is 0.264 e. The summed E-state index contributed by atoms with van der Waals surface area (Å²) in [5.41, 5.74) is 1.90. The Morgan fingerprint density at radius 2 is 2.00 bits per heavy atom. The molecule has 11 heteroatoms. The highest BCUT2D eigenvalue weighted by Crippen LogP contribution is 2.60. The molecule has 3 aliphatic rings. The Morgan fingerprint density at radius 3 is 2.66 bits per heavy atom. The SMILES string of the molecule is C=CCN1C(=O)[C@]2(O[C@H](CCn3cc(C(CO)c4ccccc4)nn3)[C@@H]([Si](C)(C)F)[C@@H]2C)c2cc(N3CCCC3=O)ccc21. The lowest BCUT2D eigenvalue weighted by Crippen LogP contribution is -2.45. The molecule has 1 unspecified atom stereocenters. The fraction of sp³-hybridized carbons (Fsp3) is 0.455. The summed E-state index contributed by atoms with van der Waals surface area (Å²) in [6.45, 7) is 10.4. The molecule has 5 atom stereocenters. The van der Waals surface area contributed by atoms with Gasteiger partial charge in [0, 0.05) is 55.0 Å². The molecule has 44 heavy (non-hydrogen) atoms. The van der Waals surface area contributed by atoms with Gasteiger partial charge < -0.3 is 23.8 Å². The number of hydrogen-bond donors (Lipinski definition) is 1. The molecule has 0 radical (unpaired) electrons. The van der Waals surface area contributed by atoms with E-state index in [2.05, 4.69) is 16.9 Å². The number of hydrogen-bond acceptors (Lipinski definition) is 6. The maximum absolute atomic E-state index is 16.2. The van der Waals surface area contributed by atoms with Crippen LogP contribution in [0.4, 0.5) is 15.5 Å². The number of benzene rings is 2. The van der Waals surface area contributed by atoms with Crippen LogP contribution in [0.15, 0.2) is 67.4 Å². The van der Waals surface area contributed by atoms with Gasteiger partial charge in [0.15, 0.2) is 5.60 Å². The first kappa shape index (κ1) is 30.4. The molecule has 0 saturated carbocycles. The first-order valence-corrected chi connectivity index (χ1v) is 18.4. The van der Waals surface area contributed by atoms with E-state index < -0.39 is 31.6 Å². The summed E-state index contributed by atoms with van der Waals surface area (Å²) in [6, 6.07) is 15.3. The van der Waals surface area contributed by atoms with E-state index in [1.165, 1.54) is 0 Å². The second-order valence-corrected chi connectivity index (χ2v) is 16.5. The summed E-state index contributed by atoms with van der Waals surface area (Å²) in [5.74, 6) is -0.899. The van der Waals surface area contributed by atoms with Crippen LogP contribution in [0.1, 0.15) is 48.9 Å². The highest BCUT2D eigenvalue weighted by molar-refractivity contribution is 6.72. The number of ether oxygens (including phenoxy) is 1. The lowest BCUT2D eigenvalue weighted by molar-refractivity contribution is -0.145. The largest absolute Gasteiger partial charge is 0.395 e. The molecule has 2 saturated heterocycles. The number of carbonyl (C=O) groups is 2. The van der Waals surface area contributed by atoms with Gasteiger partial charge in [0.25, 0.3) is 5.91 Å². The Labute approximate surface area is 258 Å². The van der Waals surface area contributed by atoms with Crippen LogP contribution in [0.25, 0.3) is 0 Å². The van der Waals surface area contributed by atoms with Crippen LogP contribution in [-0.4, -0.2) is 66.1 Å². The molecule has 4 heterocycles. The van der Waals surface area contributed by atoms with E-state index in [0.29, 0.717) is 49.4 Å². The Morgan fingerprint density at radius 1 is 1.23 bits per heavy atom. The molecule has 3 aromatic rings. The summed E-state index contributed by atoms with van der Waals surface area (Å²) in [6.07, 6.45) is 4.68. The molecule has 6 rings (SSSR count). The monoisotopic (exact) mass is 617 g/mol. The van der Waals surface area contributed by atoms with Crippen LogP contribution in [0.2, 0.25) is 18.6 Å². The van der Waals surface area contributed by atoms with Crippen molar-refractivity contribution >= 4 is 31.6 Å². The normalized spacial score (nSPS) is 25.7. The summed E-state index contributed by atoms with van der Waals surface area (Å²) < 4.78 is 24.8. The molecule has 3 aliphatic heterocycles. The van der Waals surface area contributed by atoms with Gasteiger partial charge in [-0.3, -0.25) is 14.3 Å². The number of anilines is 2. The smallest absolute Gasteiger partial charge is 0.264 e. The molecule has 0 bridgehead atoms. The van der Waals surface area contributed by atoms with Crippen LogP contribution >= 0.6 is 0 Å². The molecular formula is C33H40FN5O4Si. The average molecular weight is 618 g/mol. The van der Waals surface area contributed by atoms with E-state index >= 15 is 4.11 Å². The van der Waals surface area contributed by atoms with Crippen molar-refractivity contribution in [2.45, 2.75) is 69.0 Å². The zero-order valence-electron chi connectivity index (χ0n) is 25.5. The van der Waals surface area contributed by atoms with Gasteiger partial charge in [-0.25, -0.2) is 0 Å². The minimum absolute atomic E-state index is 0.0580. The number of halogens is 1. The van der Waals surface area contributed by atoms with Gasteiger partial charge in [0.2, 0.25) is 14.3 Å². The molecule has 232 valence electrons. The number of aromatic nitrogens is 3. The van der Waals surface area contributed by atoms with E-state index in [9.17, 15) is 14.7 Å². The van der Waals surface area contributed by atoms with Crippen molar-refractivity contribution in [2.24, 2.45) is 5.92 Å². The molecule has 2 amide bonds. The van der Waals surface area contributed by atoms with Gasteiger partial charge in [-0.05, 0) is 49.7 Å². The van der Waals surface area contributed by atoms with Crippen molar-refractivity contribution in [1.29, 1.82) is 0 Å². The zero-order chi connectivity index (χ0) is 31.2. The molecule has 1 N–H and O–H groups in total. The third kappa shape index (κ3) is 5.00. The van der Waals surface area contributed by atoms with Crippen molar-refractivity contribution in [2.75, 3.05) is 29.5 Å². The lowest BCUT2D eigenvalue weighted by Gasteiger charge is -2.31. The number of aryl methyl sites for hydroxylation is 1. The van der Waals surface area contributed by atoms with E-state index in [4.69, 9.17) is 4.74 Å². The fourth-order valence-electron chi connectivity index (χ4n) is 7.60. The quantitative estimate of drug-likeness (QED) is 0.197. The summed E-state index contributed by atoms with van der Waals surface area (Å²) >= 11 is 0. The number of rotatable bonds is 10. The van der Waals surface area contributed by atoms with Gasteiger partial charge in [0.05, 0.1) is 30.0 Å². The molecule has 2 fully saturated rings. The minimum Gasteiger partial charge on any atom is -0.395 e. The van der Waals surface area contributed by atoms with Gasteiger partial charge >= 0.3 is 0 Å². The van der Waals surface area contributed by atoms with Crippen molar-refractivity contribution < 1.29 is 23.5 Å². The predicted octanol–water partition coefficient (Wildman–Crippen LogP) is 4.93. The Balaban J connectivity index is 1.32. The van der Waals surface area contributed by atoms with Gasteiger partial charge in [0.1, 0.15) is 0 Å². The van der Waals surface area contributed by atoms with Crippen molar-refractivity contribution in [3.05, 3.63) is 84.2 Å². The highest BCUT2D eigenvalue weighted by atomic mass is 28.4. The number of amides is 2. The van der Waals surface area contributed by atoms with E-state index in [-0.39, 0.29) is 24.3 Å². The standard InChI is InChI=1S/C33H40FN5O4Si/c1-5-16-39-28-14-13-24(38-17-9-12-30(38)41)19-26(28)33(32(39)42)22(2)31(44(3,4)34)29(43-33)15-18-37-20-27(35-36-37)25(21-40)23-10-7-6-8-11-23/h5-8,10-11,13-14,19-20,22,25,29,31,40H,1,9,12,15-18,21H2,2-4H3/t22-,25?,29+,31-,33+/m0/s1. The number of nitrogens with zero attached hydrogens (tertiary/aromatic N) is 5. The number of aliphatic hydroxyl groups excluding tert-OH is 1. The molecule has 0 aliphatic carbocycles. The third-order valence-corrected chi connectivity index (χ3v) is 12.0. The van der Waals surface area contributed by atoms with Crippen LogP contribution in [0.5, 0.6) is 0 Å². The van der Waals surface area contributed by atoms with Crippen LogP contribution in [-0.2, 0) is 26.5 Å². The molecule has 1 aromatic heterocycles. The second-order valence-electron chi connectivity index (χ2n) is 12.7. The predicted molar refractivity (Wildman–Crippen MR) is 169 cm³/mol. The van der Waals surface area contributed by atoms with Crippen LogP contribution in [0.3, 0.4) is 0 Å². The van der Waals surface area contributed by atoms with Crippen LogP contribution < -0.4 is 9.80 Å². The van der Waals surface area contributed by atoms with Gasteiger partial charge in [-0.1, -0.05) is 48.5 Å². The molecule has 2 aromatic carbocycles. The van der Waals surface area contributed by atoms with Gasteiger partial charge in [-0.15, -0.1) is 11.7 Å². The topological polar surface area (TPSA) is 101 Å². The Bertz CT molecular complexity index is 1560. The molecule has 1 spiro atoms. The van der Waals surface area contributed by atoms with Crippen molar-refractivity contribution in [1.82, 2.24) is 15.0 Å². The van der Waals surface area contributed by atoms with Crippen molar-refractivity contribution in [3.63, 3.8) is 0 Å². The molecular weight excluding hydrogens is 577 g/mol. The highest BCUT2D eigenvalue weighted by Gasteiger charge is 2.66. The number of fused-ring (bicyclic) bond motifs is 2. The Hall–Kier alpha value is -3.67. The first-order valence-electron chi connectivity index (χ1n) is 15.4. The summed E-state index contributed by atoms with van der Waals surface area (Å²) in [7, 11) is -3.34. The minimum atomic E-state index is -3.34.